The van der Waals surface area contributed by atoms with Gasteiger partial charge in [-0.15, -0.1) is 11.3 Å². The first-order chi connectivity index (χ1) is 15.6. The first-order valence-corrected chi connectivity index (χ1v) is 11.2. The highest BCUT2D eigenvalue weighted by Crippen LogP contribution is 2.37. The van der Waals surface area contributed by atoms with Gasteiger partial charge in [-0.05, 0) is 49.5 Å². The molecule has 2 aromatic heterocycles. The second kappa shape index (κ2) is 9.71. The fourth-order valence-electron chi connectivity index (χ4n) is 3.75. The Morgan fingerprint density at radius 1 is 1.28 bits per heavy atom. The number of nitriles is 1. The van der Waals surface area contributed by atoms with Crippen LogP contribution in [0, 0.1) is 11.3 Å². The van der Waals surface area contributed by atoms with Crippen LogP contribution in [0.4, 0.5) is 5.00 Å². The van der Waals surface area contributed by atoms with Crippen molar-refractivity contribution in [3.05, 3.63) is 52.1 Å². The number of fused-ring (bicyclic) bond motifs is 2. The molecule has 0 bridgehead atoms. The Balaban J connectivity index is 1.35. The standard InChI is InChI=1S/C24H22N2O5S/c1-29-19-8-5-6-15-12-16(31-23(15)19)10-11-22(28)30-14-21(27)26-24-18(13-25)17-7-3-2-4-9-20(17)32-24/h5-6,8,10-12H,2-4,7,9,14H2,1H3,(H,26,27)/b11-10+. The van der Waals surface area contributed by atoms with E-state index >= 15 is 0 Å². The van der Waals surface area contributed by atoms with Crippen LogP contribution in [0.5, 0.6) is 5.75 Å². The van der Waals surface area contributed by atoms with Crippen molar-refractivity contribution in [1.29, 1.82) is 5.26 Å². The second-order valence-corrected chi connectivity index (χ2v) is 8.50. The monoisotopic (exact) mass is 450 g/mol. The lowest BCUT2D eigenvalue weighted by molar-refractivity contribution is -0.142. The lowest BCUT2D eigenvalue weighted by Gasteiger charge is -2.04. The number of methoxy groups -OCH3 is 1. The molecule has 0 saturated heterocycles. The van der Waals surface area contributed by atoms with Crippen molar-refractivity contribution < 1.29 is 23.5 Å². The minimum absolute atomic E-state index is 0.440. The predicted octanol–water partition coefficient (Wildman–Crippen LogP) is 4.84. The molecule has 3 aromatic rings. The van der Waals surface area contributed by atoms with Crippen LogP contribution in [0.1, 0.15) is 41.0 Å². The van der Waals surface area contributed by atoms with Gasteiger partial charge in [0.15, 0.2) is 17.9 Å². The molecule has 0 saturated carbocycles. The molecule has 1 N–H and O–H groups in total. The van der Waals surface area contributed by atoms with E-state index in [1.54, 1.807) is 19.2 Å². The third kappa shape index (κ3) is 4.68. The van der Waals surface area contributed by atoms with Crippen molar-refractivity contribution in [3.63, 3.8) is 0 Å². The Hall–Kier alpha value is -3.57. The molecular formula is C24H22N2O5S. The maximum Gasteiger partial charge on any atom is 0.331 e. The molecule has 0 aliphatic heterocycles. The van der Waals surface area contributed by atoms with Gasteiger partial charge >= 0.3 is 5.97 Å². The van der Waals surface area contributed by atoms with E-state index < -0.39 is 18.5 Å². The topological polar surface area (TPSA) is 102 Å². The normalized spacial score (nSPS) is 13.4. The van der Waals surface area contributed by atoms with Crippen LogP contribution in [-0.2, 0) is 27.2 Å². The summed E-state index contributed by atoms with van der Waals surface area (Å²) in [5.74, 6) is -0.0863. The molecule has 1 aliphatic rings. The zero-order valence-electron chi connectivity index (χ0n) is 17.6. The highest BCUT2D eigenvalue weighted by molar-refractivity contribution is 7.16. The number of carbonyl (C=O) groups excluding carboxylic acids is 2. The number of para-hydroxylation sites is 1. The summed E-state index contributed by atoms with van der Waals surface area (Å²) in [4.78, 5) is 25.5. The molecule has 0 unspecified atom stereocenters. The maximum atomic E-state index is 12.3. The summed E-state index contributed by atoms with van der Waals surface area (Å²) in [5, 5.41) is 13.6. The number of hydrogen-bond acceptors (Lipinski definition) is 7. The fraction of sp³-hybridized carbons (Fsp3) is 0.292. The van der Waals surface area contributed by atoms with E-state index in [9.17, 15) is 14.9 Å². The maximum absolute atomic E-state index is 12.3. The number of aryl methyl sites for hydroxylation is 1. The number of nitrogens with one attached hydrogen (secondary N) is 1. The van der Waals surface area contributed by atoms with Gasteiger partial charge in [0.25, 0.3) is 5.91 Å². The zero-order valence-corrected chi connectivity index (χ0v) is 18.4. The summed E-state index contributed by atoms with van der Waals surface area (Å²) >= 11 is 1.44. The van der Waals surface area contributed by atoms with Gasteiger partial charge in [-0.25, -0.2) is 4.79 Å². The quantitative estimate of drug-likeness (QED) is 0.328. The Labute approximate surface area is 189 Å². The van der Waals surface area contributed by atoms with Gasteiger partial charge < -0.3 is 19.2 Å². The Bertz CT molecular complexity index is 1230. The number of hydrogen-bond donors (Lipinski definition) is 1. The molecule has 2 heterocycles. The molecule has 1 amide bonds. The largest absolute Gasteiger partial charge is 0.493 e. The molecule has 4 rings (SSSR count). The average molecular weight is 451 g/mol. The number of ether oxygens (including phenoxy) is 2. The Kier molecular flexibility index (Phi) is 6.57. The summed E-state index contributed by atoms with van der Waals surface area (Å²) in [7, 11) is 1.56. The van der Waals surface area contributed by atoms with Crippen LogP contribution in [0.3, 0.4) is 0 Å². The van der Waals surface area contributed by atoms with E-state index in [-0.39, 0.29) is 0 Å². The molecule has 8 heteroatoms. The number of thiophene rings is 1. The number of nitrogens with zero attached hydrogens (tertiary/aromatic N) is 1. The lowest BCUT2D eigenvalue weighted by atomic mass is 10.1. The van der Waals surface area contributed by atoms with Crippen LogP contribution >= 0.6 is 11.3 Å². The van der Waals surface area contributed by atoms with Gasteiger partial charge in [-0.3, -0.25) is 4.79 Å². The van der Waals surface area contributed by atoms with Crippen molar-refractivity contribution in [2.45, 2.75) is 32.1 Å². The van der Waals surface area contributed by atoms with Crippen molar-refractivity contribution in [2.75, 3.05) is 19.0 Å². The molecule has 1 aliphatic carbocycles. The molecule has 0 fully saturated rings. The van der Waals surface area contributed by atoms with Gasteiger partial charge in [-0.1, -0.05) is 18.6 Å². The Morgan fingerprint density at radius 2 is 2.12 bits per heavy atom. The fourth-order valence-corrected chi connectivity index (χ4v) is 5.00. The van der Waals surface area contributed by atoms with E-state index in [0.717, 1.165) is 47.9 Å². The smallest absolute Gasteiger partial charge is 0.331 e. The number of amides is 1. The average Bonchev–Trinajstić information content (AvgIpc) is 3.28. The number of esters is 1. The van der Waals surface area contributed by atoms with Crippen molar-refractivity contribution in [3.8, 4) is 11.8 Å². The van der Waals surface area contributed by atoms with E-state index in [1.165, 1.54) is 23.5 Å². The molecule has 164 valence electrons. The predicted molar refractivity (Wildman–Crippen MR) is 122 cm³/mol. The molecular weight excluding hydrogens is 428 g/mol. The van der Waals surface area contributed by atoms with Crippen LogP contribution < -0.4 is 10.1 Å². The molecule has 1 aromatic carbocycles. The van der Waals surface area contributed by atoms with Crippen LogP contribution in [0.25, 0.3) is 17.0 Å². The van der Waals surface area contributed by atoms with Crippen LogP contribution in [-0.4, -0.2) is 25.6 Å². The lowest BCUT2D eigenvalue weighted by Crippen LogP contribution is -2.20. The SMILES string of the molecule is COc1cccc2cc(/C=C/C(=O)OCC(=O)Nc3sc4c(c3C#N)CCCCC4)oc12. The summed E-state index contributed by atoms with van der Waals surface area (Å²) < 4.78 is 16.0. The molecule has 0 spiro atoms. The minimum Gasteiger partial charge on any atom is -0.493 e. The summed E-state index contributed by atoms with van der Waals surface area (Å²) in [6.45, 7) is -0.440. The molecule has 32 heavy (non-hydrogen) atoms. The number of rotatable bonds is 6. The van der Waals surface area contributed by atoms with Crippen molar-refractivity contribution in [1.82, 2.24) is 0 Å². The van der Waals surface area contributed by atoms with Gasteiger partial charge in [0.1, 0.15) is 16.8 Å². The van der Waals surface area contributed by atoms with E-state index in [4.69, 9.17) is 13.9 Å². The second-order valence-electron chi connectivity index (χ2n) is 7.40. The van der Waals surface area contributed by atoms with Crippen LogP contribution in [0.2, 0.25) is 0 Å². The molecule has 0 atom stereocenters. The zero-order chi connectivity index (χ0) is 22.5. The third-order valence-electron chi connectivity index (χ3n) is 5.26. The number of furan rings is 1. The van der Waals surface area contributed by atoms with Gasteiger partial charge in [0.05, 0.1) is 12.7 Å². The van der Waals surface area contributed by atoms with Gasteiger partial charge in [-0.2, -0.15) is 5.26 Å². The number of benzene rings is 1. The van der Waals surface area contributed by atoms with Crippen molar-refractivity contribution >= 4 is 45.3 Å². The minimum atomic E-state index is -0.671. The molecule has 7 nitrogen and oxygen atoms in total. The van der Waals surface area contributed by atoms with E-state index in [2.05, 4.69) is 11.4 Å². The number of anilines is 1. The highest BCUT2D eigenvalue weighted by Gasteiger charge is 2.21. The summed E-state index contributed by atoms with van der Waals surface area (Å²) in [6, 6.07) is 9.50. The van der Waals surface area contributed by atoms with E-state index in [0.29, 0.717) is 27.7 Å². The van der Waals surface area contributed by atoms with Gasteiger partial charge in [0, 0.05) is 16.3 Å². The van der Waals surface area contributed by atoms with Crippen LogP contribution in [0.15, 0.2) is 34.8 Å². The van der Waals surface area contributed by atoms with E-state index in [1.807, 2.05) is 12.1 Å². The highest BCUT2D eigenvalue weighted by atomic mass is 32.1. The molecule has 0 radical (unpaired) electrons. The van der Waals surface area contributed by atoms with Gasteiger partial charge in [0.2, 0.25) is 0 Å². The first kappa shape index (κ1) is 21.7. The summed E-state index contributed by atoms with van der Waals surface area (Å²) in [5.41, 5.74) is 2.17. The summed E-state index contributed by atoms with van der Waals surface area (Å²) in [6.07, 6.45) is 7.76. The Morgan fingerprint density at radius 3 is 2.94 bits per heavy atom. The van der Waals surface area contributed by atoms with Crippen molar-refractivity contribution in [2.24, 2.45) is 0 Å². The number of carbonyl (C=O) groups is 2. The first-order valence-electron chi connectivity index (χ1n) is 10.3. The third-order valence-corrected chi connectivity index (χ3v) is 6.47.